The van der Waals surface area contributed by atoms with Crippen molar-refractivity contribution in [3.05, 3.63) is 36.4 Å². The Morgan fingerprint density at radius 2 is 2.18 bits per heavy atom. The molecule has 0 aliphatic carbocycles. The molecule has 0 saturated carbocycles. The van der Waals surface area contributed by atoms with Gasteiger partial charge in [0, 0.05) is 13.1 Å². The first-order valence-corrected chi connectivity index (χ1v) is 5.93. The predicted molar refractivity (Wildman–Crippen MR) is 70.9 cm³/mol. The number of aryl methyl sites for hydroxylation is 1. The third kappa shape index (κ3) is 4.49. The normalized spacial score (nSPS) is 10.0. The molecule has 1 N–H and O–H groups in total. The van der Waals surface area contributed by atoms with E-state index in [1.54, 1.807) is 7.11 Å². The molecule has 94 valence electrons. The quantitative estimate of drug-likeness (QED) is 0.554. The molecule has 0 bridgehead atoms. The zero-order valence-corrected chi connectivity index (χ0v) is 10.7. The summed E-state index contributed by atoms with van der Waals surface area (Å²) in [4.78, 5) is 0. The molecule has 17 heavy (non-hydrogen) atoms. The lowest BCUT2D eigenvalue weighted by Gasteiger charge is -2.11. The van der Waals surface area contributed by atoms with Gasteiger partial charge in [-0.3, -0.25) is 0 Å². The Kier molecular flexibility index (Phi) is 6.18. The Hall–Kier alpha value is -1.48. The zero-order chi connectivity index (χ0) is 12.5. The number of benzene rings is 1. The summed E-state index contributed by atoms with van der Waals surface area (Å²) in [6.07, 6.45) is 2.83. The van der Waals surface area contributed by atoms with E-state index in [2.05, 4.69) is 24.9 Å². The molecular weight excluding hydrogens is 214 g/mol. The fourth-order valence-electron chi connectivity index (χ4n) is 1.49. The fraction of sp³-hybridized carbons (Fsp3) is 0.429. The van der Waals surface area contributed by atoms with Crippen molar-refractivity contribution >= 4 is 0 Å². The van der Waals surface area contributed by atoms with Crippen LogP contribution in [0.2, 0.25) is 0 Å². The molecule has 1 aromatic rings. The highest BCUT2D eigenvalue weighted by Gasteiger charge is 2.04. The van der Waals surface area contributed by atoms with Crippen LogP contribution in [0.3, 0.4) is 0 Å². The first kappa shape index (κ1) is 13.6. The molecule has 0 radical (unpaired) electrons. The van der Waals surface area contributed by atoms with E-state index in [0.717, 1.165) is 31.0 Å². The Labute approximate surface area is 103 Å². The maximum Gasteiger partial charge on any atom is 0.161 e. The topological polar surface area (TPSA) is 30.5 Å². The lowest BCUT2D eigenvalue weighted by Crippen LogP contribution is -2.20. The van der Waals surface area contributed by atoms with Gasteiger partial charge in [-0.05, 0) is 24.1 Å². The molecular formula is C14H21NO2. The van der Waals surface area contributed by atoms with Crippen LogP contribution in [0, 0.1) is 0 Å². The molecule has 0 atom stereocenters. The van der Waals surface area contributed by atoms with Crippen molar-refractivity contribution in [1.29, 1.82) is 0 Å². The number of hydrogen-bond acceptors (Lipinski definition) is 3. The van der Waals surface area contributed by atoms with Crippen LogP contribution in [-0.2, 0) is 6.42 Å². The summed E-state index contributed by atoms with van der Waals surface area (Å²) in [6.45, 7) is 7.98. The number of rotatable bonds is 8. The molecule has 3 heteroatoms. The smallest absolute Gasteiger partial charge is 0.161 e. The number of nitrogens with one attached hydrogen (secondary N) is 1. The van der Waals surface area contributed by atoms with Crippen molar-refractivity contribution in [2.45, 2.75) is 13.3 Å². The van der Waals surface area contributed by atoms with E-state index in [-0.39, 0.29) is 0 Å². The summed E-state index contributed by atoms with van der Waals surface area (Å²) < 4.78 is 11.0. The summed E-state index contributed by atoms with van der Waals surface area (Å²) in [6, 6.07) is 6.05. The Morgan fingerprint density at radius 3 is 2.82 bits per heavy atom. The van der Waals surface area contributed by atoms with Gasteiger partial charge < -0.3 is 14.8 Å². The molecule has 0 aliphatic rings. The van der Waals surface area contributed by atoms with Gasteiger partial charge in [-0.2, -0.15) is 0 Å². The molecule has 1 rings (SSSR count). The summed E-state index contributed by atoms with van der Waals surface area (Å²) in [5.74, 6) is 1.60. The molecule has 0 aliphatic heterocycles. The van der Waals surface area contributed by atoms with Crippen LogP contribution < -0.4 is 14.8 Å². The monoisotopic (exact) mass is 235 g/mol. The van der Waals surface area contributed by atoms with Crippen molar-refractivity contribution in [2.24, 2.45) is 0 Å². The summed E-state index contributed by atoms with van der Waals surface area (Å²) in [5.41, 5.74) is 1.25. The standard InChI is InChI=1S/C14H21NO2/c1-4-8-15-9-10-17-13-7-6-12(5-2)11-14(13)16-3/h4,6-7,11,15H,1,5,8-10H2,2-3H3. The summed E-state index contributed by atoms with van der Waals surface area (Å²) >= 11 is 0. The lowest BCUT2D eigenvalue weighted by molar-refractivity contribution is 0.294. The van der Waals surface area contributed by atoms with E-state index in [4.69, 9.17) is 9.47 Å². The minimum Gasteiger partial charge on any atom is -0.493 e. The van der Waals surface area contributed by atoms with Crippen LogP contribution in [-0.4, -0.2) is 26.8 Å². The third-order valence-electron chi connectivity index (χ3n) is 2.46. The van der Waals surface area contributed by atoms with Gasteiger partial charge in [0.15, 0.2) is 11.5 Å². The molecule has 0 amide bonds. The first-order valence-electron chi connectivity index (χ1n) is 5.93. The minimum atomic E-state index is 0.621. The molecule has 0 spiro atoms. The molecule has 0 saturated heterocycles. The van der Waals surface area contributed by atoms with Crippen molar-refractivity contribution in [3.8, 4) is 11.5 Å². The molecule has 3 nitrogen and oxygen atoms in total. The lowest BCUT2D eigenvalue weighted by atomic mass is 10.1. The van der Waals surface area contributed by atoms with E-state index in [0.29, 0.717) is 6.61 Å². The molecule has 0 unspecified atom stereocenters. The summed E-state index contributed by atoms with van der Waals surface area (Å²) in [7, 11) is 1.66. The average Bonchev–Trinajstić information content (AvgIpc) is 2.38. The number of methoxy groups -OCH3 is 1. The number of hydrogen-bond donors (Lipinski definition) is 1. The highest BCUT2D eigenvalue weighted by Crippen LogP contribution is 2.28. The van der Waals surface area contributed by atoms with E-state index in [1.807, 2.05) is 18.2 Å². The van der Waals surface area contributed by atoms with Gasteiger partial charge in [-0.25, -0.2) is 0 Å². The van der Waals surface area contributed by atoms with Crippen LogP contribution in [0.1, 0.15) is 12.5 Å². The second kappa shape index (κ2) is 7.74. The first-order chi connectivity index (χ1) is 8.31. The second-order valence-corrected chi connectivity index (χ2v) is 3.68. The minimum absolute atomic E-state index is 0.621. The van der Waals surface area contributed by atoms with Gasteiger partial charge in [-0.15, -0.1) is 6.58 Å². The van der Waals surface area contributed by atoms with Gasteiger partial charge >= 0.3 is 0 Å². The van der Waals surface area contributed by atoms with Gasteiger partial charge in [0.25, 0.3) is 0 Å². The van der Waals surface area contributed by atoms with E-state index in [9.17, 15) is 0 Å². The van der Waals surface area contributed by atoms with Gasteiger partial charge in [-0.1, -0.05) is 19.1 Å². The van der Waals surface area contributed by atoms with Gasteiger partial charge in [0.1, 0.15) is 6.61 Å². The molecule has 1 aromatic carbocycles. The van der Waals surface area contributed by atoms with Crippen LogP contribution >= 0.6 is 0 Å². The Balaban J connectivity index is 2.49. The molecule has 0 fully saturated rings. The second-order valence-electron chi connectivity index (χ2n) is 3.68. The van der Waals surface area contributed by atoms with E-state index >= 15 is 0 Å². The number of ether oxygens (including phenoxy) is 2. The molecule has 0 aromatic heterocycles. The Morgan fingerprint density at radius 1 is 1.35 bits per heavy atom. The maximum absolute atomic E-state index is 5.65. The van der Waals surface area contributed by atoms with E-state index in [1.165, 1.54) is 5.56 Å². The fourth-order valence-corrected chi connectivity index (χ4v) is 1.49. The van der Waals surface area contributed by atoms with Crippen LogP contribution in [0.15, 0.2) is 30.9 Å². The van der Waals surface area contributed by atoms with Crippen molar-refractivity contribution in [2.75, 3.05) is 26.8 Å². The van der Waals surface area contributed by atoms with Crippen LogP contribution in [0.5, 0.6) is 11.5 Å². The largest absolute Gasteiger partial charge is 0.493 e. The van der Waals surface area contributed by atoms with E-state index < -0.39 is 0 Å². The van der Waals surface area contributed by atoms with Crippen LogP contribution in [0.25, 0.3) is 0 Å². The SMILES string of the molecule is C=CCNCCOc1ccc(CC)cc1OC. The van der Waals surface area contributed by atoms with Gasteiger partial charge in [0.2, 0.25) is 0 Å². The van der Waals surface area contributed by atoms with Crippen molar-refractivity contribution in [1.82, 2.24) is 5.32 Å². The average molecular weight is 235 g/mol. The van der Waals surface area contributed by atoms with Crippen molar-refractivity contribution < 1.29 is 9.47 Å². The highest BCUT2D eigenvalue weighted by molar-refractivity contribution is 5.42. The van der Waals surface area contributed by atoms with Crippen LogP contribution in [0.4, 0.5) is 0 Å². The maximum atomic E-state index is 5.65. The zero-order valence-electron chi connectivity index (χ0n) is 10.7. The third-order valence-corrected chi connectivity index (χ3v) is 2.46. The summed E-state index contributed by atoms with van der Waals surface area (Å²) in [5, 5.41) is 3.18. The predicted octanol–water partition coefficient (Wildman–Crippen LogP) is 2.41. The molecule has 0 heterocycles. The van der Waals surface area contributed by atoms with Crippen molar-refractivity contribution in [3.63, 3.8) is 0 Å². The highest BCUT2D eigenvalue weighted by atomic mass is 16.5. The van der Waals surface area contributed by atoms with Gasteiger partial charge in [0.05, 0.1) is 7.11 Å². The Bertz CT molecular complexity index is 350.